The van der Waals surface area contributed by atoms with E-state index >= 15 is 0 Å². The fourth-order valence-electron chi connectivity index (χ4n) is 3.05. The van der Waals surface area contributed by atoms with Gasteiger partial charge >= 0.3 is 0 Å². The van der Waals surface area contributed by atoms with Crippen molar-refractivity contribution >= 4 is 11.6 Å². The molecule has 2 heterocycles. The molecule has 1 aliphatic rings. The third-order valence-electron chi connectivity index (χ3n) is 4.05. The van der Waals surface area contributed by atoms with E-state index in [1.807, 2.05) is 13.0 Å². The van der Waals surface area contributed by atoms with Crippen LogP contribution in [0.5, 0.6) is 5.88 Å². The standard InChI is InChI=1S/C17H16ClFN4O/c1-3-5-12-15-13(14-10(18)6-4-7-11(14)19)9(8-20)16(21)24-17(15)23(2)22-12/h4,6-7,13H,3,5,21H2,1-2H3/t13-/m1/s1. The fraction of sp³-hybridized carbons (Fsp3) is 0.294. The number of fused-ring (bicyclic) bond motifs is 1. The predicted molar refractivity (Wildman–Crippen MR) is 87.9 cm³/mol. The first-order valence-electron chi connectivity index (χ1n) is 7.56. The van der Waals surface area contributed by atoms with Crippen LogP contribution in [0.4, 0.5) is 4.39 Å². The zero-order valence-electron chi connectivity index (χ0n) is 13.3. The molecule has 0 amide bonds. The smallest absolute Gasteiger partial charge is 0.224 e. The Hall–Kier alpha value is -2.52. The van der Waals surface area contributed by atoms with Crippen molar-refractivity contribution in [3.05, 3.63) is 57.3 Å². The van der Waals surface area contributed by atoms with Crippen LogP contribution in [-0.4, -0.2) is 9.78 Å². The molecule has 0 unspecified atom stereocenters. The SMILES string of the molecule is CCCc1nn(C)c2c1[C@@H](c1c(F)cccc1Cl)C(C#N)=C(N)O2. The highest BCUT2D eigenvalue weighted by atomic mass is 35.5. The minimum absolute atomic E-state index is 0.0552. The van der Waals surface area contributed by atoms with E-state index < -0.39 is 11.7 Å². The molecular weight excluding hydrogens is 331 g/mol. The van der Waals surface area contributed by atoms with Crippen LogP contribution < -0.4 is 10.5 Å². The molecule has 2 aromatic rings. The van der Waals surface area contributed by atoms with Crippen LogP contribution in [0.3, 0.4) is 0 Å². The first kappa shape index (κ1) is 16.3. The Labute approximate surface area is 144 Å². The average molecular weight is 347 g/mol. The third-order valence-corrected chi connectivity index (χ3v) is 4.38. The molecule has 0 saturated carbocycles. The first-order valence-corrected chi connectivity index (χ1v) is 7.94. The summed E-state index contributed by atoms with van der Waals surface area (Å²) in [5.74, 6) is -0.866. The van der Waals surface area contributed by atoms with Gasteiger partial charge in [-0.2, -0.15) is 10.4 Å². The first-order chi connectivity index (χ1) is 11.5. The monoisotopic (exact) mass is 346 g/mol. The Balaban J connectivity index is 2.33. The largest absolute Gasteiger partial charge is 0.422 e. The molecular formula is C17H16ClFN4O. The molecule has 1 aromatic carbocycles. The fourth-order valence-corrected chi connectivity index (χ4v) is 3.32. The third kappa shape index (κ3) is 2.42. The van der Waals surface area contributed by atoms with Crippen molar-refractivity contribution < 1.29 is 9.13 Å². The molecule has 0 fully saturated rings. The highest BCUT2D eigenvalue weighted by Gasteiger charge is 2.38. The van der Waals surface area contributed by atoms with Gasteiger partial charge in [-0.15, -0.1) is 0 Å². The van der Waals surface area contributed by atoms with Crippen LogP contribution in [0.1, 0.15) is 36.1 Å². The number of aryl methyl sites for hydroxylation is 2. The number of benzene rings is 1. The van der Waals surface area contributed by atoms with Crippen molar-refractivity contribution in [2.45, 2.75) is 25.7 Å². The minimum Gasteiger partial charge on any atom is -0.422 e. The van der Waals surface area contributed by atoms with Gasteiger partial charge in [0.15, 0.2) is 0 Å². The Morgan fingerprint density at radius 1 is 1.46 bits per heavy atom. The maximum atomic E-state index is 14.6. The van der Waals surface area contributed by atoms with Crippen molar-refractivity contribution in [3.63, 3.8) is 0 Å². The van der Waals surface area contributed by atoms with E-state index in [0.29, 0.717) is 17.9 Å². The molecule has 5 nitrogen and oxygen atoms in total. The van der Waals surface area contributed by atoms with Gasteiger partial charge in [-0.25, -0.2) is 9.07 Å². The summed E-state index contributed by atoms with van der Waals surface area (Å²) in [7, 11) is 1.72. The number of nitriles is 1. The number of hydrogen-bond acceptors (Lipinski definition) is 4. The molecule has 3 rings (SSSR count). The van der Waals surface area contributed by atoms with Gasteiger partial charge in [-0.05, 0) is 18.6 Å². The maximum Gasteiger partial charge on any atom is 0.224 e. The van der Waals surface area contributed by atoms with Gasteiger partial charge in [0.25, 0.3) is 0 Å². The topological polar surface area (TPSA) is 76.9 Å². The quantitative estimate of drug-likeness (QED) is 0.924. The summed E-state index contributed by atoms with van der Waals surface area (Å²) in [4.78, 5) is 0. The molecule has 1 atom stereocenters. The lowest BCUT2D eigenvalue weighted by Crippen LogP contribution is -2.23. The second-order valence-electron chi connectivity index (χ2n) is 5.60. The van der Waals surface area contributed by atoms with E-state index in [0.717, 1.165) is 12.1 Å². The van der Waals surface area contributed by atoms with Crippen molar-refractivity contribution in [2.75, 3.05) is 0 Å². The van der Waals surface area contributed by atoms with E-state index in [9.17, 15) is 9.65 Å². The van der Waals surface area contributed by atoms with Crippen LogP contribution in [0.25, 0.3) is 0 Å². The number of halogens is 2. The highest BCUT2D eigenvalue weighted by Crippen LogP contribution is 2.46. The van der Waals surface area contributed by atoms with Gasteiger partial charge in [0, 0.05) is 17.6 Å². The molecule has 0 spiro atoms. The zero-order valence-corrected chi connectivity index (χ0v) is 14.1. The predicted octanol–water partition coefficient (Wildman–Crippen LogP) is 3.38. The Morgan fingerprint density at radius 2 is 2.21 bits per heavy atom. The number of nitrogens with two attached hydrogens (primary N) is 1. The second kappa shape index (κ2) is 6.17. The van der Waals surface area contributed by atoms with Crippen LogP contribution in [0, 0.1) is 17.1 Å². The molecule has 7 heteroatoms. The highest BCUT2D eigenvalue weighted by molar-refractivity contribution is 6.31. The lowest BCUT2D eigenvalue weighted by atomic mass is 9.83. The number of nitrogens with zero attached hydrogens (tertiary/aromatic N) is 3. The average Bonchev–Trinajstić information content (AvgIpc) is 2.83. The number of aromatic nitrogens is 2. The summed E-state index contributed by atoms with van der Waals surface area (Å²) in [5, 5.41) is 14.3. The maximum absolute atomic E-state index is 14.6. The summed E-state index contributed by atoms with van der Waals surface area (Å²) in [6.07, 6.45) is 1.52. The van der Waals surface area contributed by atoms with Crippen molar-refractivity contribution in [1.82, 2.24) is 9.78 Å². The van der Waals surface area contributed by atoms with E-state index in [1.165, 1.54) is 12.1 Å². The van der Waals surface area contributed by atoms with Gasteiger partial charge in [-0.3, -0.25) is 0 Å². The number of allylic oxidation sites excluding steroid dienone is 1. The van der Waals surface area contributed by atoms with E-state index in [4.69, 9.17) is 22.1 Å². The van der Waals surface area contributed by atoms with Crippen LogP contribution >= 0.6 is 11.6 Å². The molecule has 2 N–H and O–H groups in total. The molecule has 1 aromatic heterocycles. The van der Waals surface area contributed by atoms with E-state index in [1.54, 1.807) is 17.8 Å². The lowest BCUT2D eigenvalue weighted by Gasteiger charge is -2.25. The molecule has 0 radical (unpaired) electrons. The summed E-state index contributed by atoms with van der Waals surface area (Å²) < 4.78 is 21.7. The summed E-state index contributed by atoms with van der Waals surface area (Å²) >= 11 is 6.25. The lowest BCUT2D eigenvalue weighted by molar-refractivity contribution is 0.357. The van der Waals surface area contributed by atoms with Crippen LogP contribution in [0.2, 0.25) is 5.02 Å². The normalized spacial score (nSPS) is 16.5. The van der Waals surface area contributed by atoms with Crippen molar-refractivity contribution in [3.8, 4) is 11.9 Å². The number of ether oxygens (including phenoxy) is 1. The molecule has 0 bridgehead atoms. The summed E-state index contributed by atoms with van der Waals surface area (Å²) in [6, 6.07) is 6.48. The number of hydrogen-bond donors (Lipinski definition) is 1. The minimum atomic E-state index is -0.734. The van der Waals surface area contributed by atoms with Crippen LogP contribution in [-0.2, 0) is 13.5 Å². The van der Waals surface area contributed by atoms with Gasteiger partial charge < -0.3 is 10.5 Å². The Morgan fingerprint density at radius 3 is 2.83 bits per heavy atom. The van der Waals surface area contributed by atoms with Crippen molar-refractivity contribution in [1.29, 1.82) is 5.26 Å². The number of rotatable bonds is 3. The summed E-state index contributed by atoms with van der Waals surface area (Å²) in [5.41, 5.74) is 7.67. The van der Waals surface area contributed by atoms with Gasteiger partial charge in [0.2, 0.25) is 11.8 Å². The summed E-state index contributed by atoms with van der Waals surface area (Å²) in [6.45, 7) is 2.02. The Kier molecular flexibility index (Phi) is 4.20. The van der Waals surface area contributed by atoms with Gasteiger partial charge in [0.05, 0.1) is 17.2 Å². The zero-order chi connectivity index (χ0) is 17.4. The van der Waals surface area contributed by atoms with Crippen molar-refractivity contribution in [2.24, 2.45) is 12.8 Å². The van der Waals surface area contributed by atoms with Gasteiger partial charge in [-0.1, -0.05) is 31.0 Å². The molecule has 24 heavy (non-hydrogen) atoms. The van der Waals surface area contributed by atoms with E-state index in [-0.39, 0.29) is 22.0 Å². The molecule has 124 valence electrons. The Bertz CT molecular complexity index is 861. The van der Waals surface area contributed by atoms with Gasteiger partial charge in [0.1, 0.15) is 17.5 Å². The van der Waals surface area contributed by atoms with E-state index in [2.05, 4.69) is 5.10 Å². The van der Waals surface area contributed by atoms with Crippen LogP contribution in [0.15, 0.2) is 29.7 Å². The second-order valence-corrected chi connectivity index (χ2v) is 6.01. The molecule has 0 saturated heterocycles. The molecule has 0 aliphatic carbocycles. The molecule has 1 aliphatic heterocycles.